The summed E-state index contributed by atoms with van der Waals surface area (Å²) in [6, 6.07) is 12.1. The van der Waals surface area contributed by atoms with E-state index in [0.29, 0.717) is 33.7 Å². The Morgan fingerprint density at radius 2 is 1.80 bits per heavy atom. The number of rotatable bonds is 4. The molecule has 130 valence electrons. The molecular weight excluding hydrogens is 383 g/mol. The normalized spacial score (nSPS) is 17.0. The van der Waals surface area contributed by atoms with Crippen molar-refractivity contribution in [1.82, 2.24) is 5.32 Å². The molecule has 1 aliphatic rings. The van der Waals surface area contributed by atoms with E-state index in [1.54, 1.807) is 47.4 Å². The molecule has 0 saturated carbocycles. The molecular formula is C18H15Cl3N2O2. The summed E-state index contributed by atoms with van der Waals surface area (Å²) in [6.07, 6.45) is 0.466. The van der Waals surface area contributed by atoms with Crippen LogP contribution in [0.5, 0.6) is 0 Å². The van der Waals surface area contributed by atoms with Crippen LogP contribution in [0.15, 0.2) is 42.5 Å². The summed E-state index contributed by atoms with van der Waals surface area (Å²) >= 11 is 17.9. The number of hydrogen-bond acceptors (Lipinski definition) is 2. The van der Waals surface area contributed by atoms with E-state index in [1.165, 1.54) is 0 Å². The van der Waals surface area contributed by atoms with E-state index in [0.717, 1.165) is 5.56 Å². The van der Waals surface area contributed by atoms with Gasteiger partial charge in [0.2, 0.25) is 11.8 Å². The van der Waals surface area contributed by atoms with Gasteiger partial charge in [0.1, 0.15) is 5.92 Å². The monoisotopic (exact) mass is 396 g/mol. The summed E-state index contributed by atoms with van der Waals surface area (Å²) < 4.78 is 0. The number of carbonyl (C=O) groups excluding carboxylic acids is 2. The molecule has 25 heavy (non-hydrogen) atoms. The maximum Gasteiger partial charge on any atom is 0.239 e. The Hall–Kier alpha value is -1.75. The van der Waals surface area contributed by atoms with E-state index >= 15 is 0 Å². The van der Waals surface area contributed by atoms with E-state index in [9.17, 15) is 9.59 Å². The molecule has 1 aliphatic heterocycles. The van der Waals surface area contributed by atoms with Crippen molar-refractivity contribution < 1.29 is 9.59 Å². The maximum absolute atomic E-state index is 12.6. The summed E-state index contributed by atoms with van der Waals surface area (Å²) in [7, 11) is 0. The highest BCUT2D eigenvalue weighted by Crippen LogP contribution is 2.27. The number of benzene rings is 2. The number of carbonyl (C=O) groups is 2. The molecule has 2 aromatic rings. The first-order valence-electron chi connectivity index (χ1n) is 7.73. The highest BCUT2D eigenvalue weighted by molar-refractivity contribution is 6.34. The topological polar surface area (TPSA) is 49.4 Å². The van der Waals surface area contributed by atoms with Crippen molar-refractivity contribution in [3.63, 3.8) is 0 Å². The Morgan fingerprint density at radius 1 is 1.08 bits per heavy atom. The van der Waals surface area contributed by atoms with Gasteiger partial charge in [-0.15, -0.1) is 0 Å². The standard InChI is InChI=1S/C18H15Cl3N2O2/c19-12-2-1-3-15(9-12)23-5-4-16(18(23)25)17(24)22-10-11-6-13(20)8-14(21)7-11/h1-3,6-9,16H,4-5,10H2,(H,22,24). The minimum absolute atomic E-state index is 0.219. The fourth-order valence-corrected chi connectivity index (χ4v) is 3.60. The zero-order chi connectivity index (χ0) is 18.0. The van der Waals surface area contributed by atoms with Crippen LogP contribution in [0.1, 0.15) is 12.0 Å². The first kappa shape index (κ1) is 18.1. The third kappa shape index (κ3) is 4.27. The number of hydrogen-bond donors (Lipinski definition) is 1. The van der Waals surface area contributed by atoms with Gasteiger partial charge < -0.3 is 10.2 Å². The molecule has 2 amide bonds. The molecule has 1 atom stereocenters. The Labute approximate surface area is 160 Å². The van der Waals surface area contributed by atoms with Crippen LogP contribution >= 0.6 is 34.8 Å². The molecule has 7 heteroatoms. The first-order chi connectivity index (χ1) is 11.9. The van der Waals surface area contributed by atoms with Gasteiger partial charge in [-0.2, -0.15) is 0 Å². The van der Waals surface area contributed by atoms with Crippen molar-refractivity contribution in [3.8, 4) is 0 Å². The van der Waals surface area contributed by atoms with E-state index in [1.807, 2.05) is 0 Å². The quantitative estimate of drug-likeness (QED) is 0.781. The lowest BCUT2D eigenvalue weighted by atomic mass is 10.1. The molecule has 1 heterocycles. The highest BCUT2D eigenvalue weighted by atomic mass is 35.5. The van der Waals surface area contributed by atoms with Crippen molar-refractivity contribution in [2.24, 2.45) is 5.92 Å². The highest BCUT2D eigenvalue weighted by Gasteiger charge is 2.37. The molecule has 4 nitrogen and oxygen atoms in total. The van der Waals surface area contributed by atoms with Crippen molar-refractivity contribution in [2.45, 2.75) is 13.0 Å². The van der Waals surface area contributed by atoms with Crippen LogP contribution in [0.3, 0.4) is 0 Å². The lowest BCUT2D eigenvalue weighted by Crippen LogP contribution is -2.36. The molecule has 1 N–H and O–H groups in total. The minimum Gasteiger partial charge on any atom is -0.351 e. The van der Waals surface area contributed by atoms with Crippen molar-refractivity contribution in [1.29, 1.82) is 0 Å². The van der Waals surface area contributed by atoms with E-state index in [4.69, 9.17) is 34.8 Å². The summed E-state index contributed by atoms with van der Waals surface area (Å²) in [5.41, 5.74) is 1.48. The van der Waals surface area contributed by atoms with Crippen molar-refractivity contribution in [2.75, 3.05) is 11.4 Å². The second kappa shape index (κ2) is 7.65. The summed E-state index contributed by atoms with van der Waals surface area (Å²) in [6.45, 7) is 0.750. The van der Waals surface area contributed by atoms with E-state index in [2.05, 4.69) is 5.32 Å². The van der Waals surface area contributed by atoms with Crippen LogP contribution in [0, 0.1) is 5.92 Å². The summed E-state index contributed by atoms with van der Waals surface area (Å²) in [4.78, 5) is 26.5. The minimum atomic E-state index is -0.700. The molecule has 1 fully saturated rings. The Balaban J connectivity index is 1.64. The SMILES string of the molecule is O=C(NCc1cc(Cl)cc(Cl)c1)C1CCN(c2cccc(Cl)c2)C1=O. The van der Waals surface area contributed by atoms with Crippen LogP contribution in [0.25, 0.3) is 0 Å². The van der Waals surface area contributed by atoms with Crippen LogP contribution < -0.4 is 10.2 Å². The fourth-order valence-electron chi connectivity index (χ4n) is 2.85. The van der Waals surface area contributed by atoms with E-state index < -0.39 is 5.92 Å². The van der Waals surface area contributed by atoms with Gasteiger partial charge in [0, 0.05) is 33.8 Å². The van der Waals surface area contributed by atoms with Crippen LogP contribution in [-0.2, 0) is 16.1 Å². The van der Waals surface area contributed by atoms with Crippen LogP contribution in [0.2, 0.25) is 15.1 Å². The Kier molecular flexibility index (Phi) is 5.52. The molecule has 0 radical (unpaired) electrons. The Morgan fingerprint density at radius 3 is 2.48 bits per heavy atom. The summed E-state index contributed by atoms with van der Waals surface area (Å²) in [5.74, 6) is -1.22. The van der Waals surface area contributed by atoms with Crippen LogP contribution in [0.4, 0.5) is 5.69 Å². The molecule has 0 aliphatic carbocycles. The van der Waals surface area contributed by atoms with Gasteiger partial charge in [-0.05, 0) is 48.4 Å². The third-order valence-corrected chi connectivity index (χ3v) is 4.70. The number of anilines is 1. The maximum atomic E-state index is 12.6. The zero-order valence-electron chi connectivity index (χ0n) is 13.1. The fraction of sp³-hybridized carbons (Fsp3) is 0.222. The Bertz CT molecular complexity index is 805. The molecule has 0 spiro atoms. The number of nitrogens with zero attached hydrogens (tertiary/aromatic N) is 1. The smallest absolute Gasteiger partial charge is 0.239 e. The van der Waals surface area contributed by atoms with Gasteiger partial charge in [-0.3, -0.25) is 9.59 Å². The van der Waals surface area contributed by atoms with Crippen molar-refractivity contribution in [3.05, 3.63) is 63.1 Å². The number of amides is 2. The molecule has 1 unspecified atom stereocenters. The van der Waals surface area contributed by atoms with Gasteiger partial charge in [0.25, 0.3) is 0 Å². The van der Waals surface area contributed by atoms with Crippen LogP contribution in [-0.4, -0.2) is 18.4 Å². The van der Waals surface area contributed by atoms with Gasteiger partial charge in [-0.1, -0.05) is 40.9 Å². The average Bonchev–Trinajstić information content (AvgIpc) is 2.93. The van der Waals surface area contributed by atoms with Crippen molar-refractivity contribution >= 4 is 52.3 Å². The first-order valence-corrected chi connectivity index (χ1v) is 8.87. The number of nitrogens with one attached hydrogen (secondary N) is 1. The molecule has 0 bridgehead atoms. The second-order valence-electron chi connectivity index (χ2n) is 5.81. The average molecular weight is 398 g/mol. The predicted molar refractivity (Wildman–Crippen MR) is 100 cm³/mol. The molecule has 0 aromatic heterocycles. The third-order valence-electron chi connectivity index (χ3n) is 4.03. The van der Waals surface area contributed by atoms with Gasteiger partial charge in [-0.25, -0.2) is 0 Å². The largest absolute Gasteiger partial charge is 0.351 e. The van der Waals surface area contributed by atoms with Gasteiger partial charge in [0.05, 0.1) is 0 Å². The number of halogens is 3. The van der Waals surface area contributed by atoms with Gasteiger partial charge >= 0.3 is 0 Å². The predicted octanol–water partition coefficient (Wildman–Crippen LogP) is 4.32. The zero-order valence-corrected chi connectivity index (χ0v) is 15.4. The molecule has 3 rings (SSSR count). The lowest BCUT2D eigenvalue weighted by molar-refractivity contribution is -0.132. The summed E-state index contributed by atoms with van der Waals surface area (Å²) in [5, 5.41) is 4.33. The lowest BCUT2D eigenvalue weighted by Gasteiger charge is -2.17. The van der Waals surface area contributed by atoms with E-state index in [-0.39, 0.29) is 18.4 Å². The second-order valence-corrected chi connectivity index (χ2v) is 7.12. The molecule has 1 saturated heterocycles. The molecule has 2 aromatic carbocycles. The van der Waals surface area contributed by atoms with Gasteiger partial charge in [0.15, 0.2) is 0 Å².